The van der Waals surface area contributed by atoms with Gasteiger partial charge < -0.3 is 9.47 Å². The minimum atomic E-state index is -0.0297. The highest BCUT2D eigenvalue weighted by molar-refractivity contribution is 5.69. The molecule has 0 saturated carbocycles. The second-order valence-electron chi connectivity index (χ2n) is 7.60. The number of rotatable bonds is 0. The molecule has 4 nitrogen and oxygen atoms in total. The maximum atomic E-state index is 11.7. The molecule has 1 fully saturated rings. The molecule has 1 aliphatic rings. The van der Waals surface area contributed by atoms with Crippen molar-refractivity contribution in [1.29, 1.82) is 0 Å². The van der Waals surface area contributed by atoms with Gasteiger partial charge in [-0.3, -0.25) is 9.59 Å². The van der Waals surface area contributed by atoms with E-state index in [1.54, 1.807) is 0 Å². The Hall–Kier alpha value is -1.06. The van der Waals surface area contributed by atoms with Gasteiger partial charge in [0.15, 0.2) is 0 Å². The summed E-state index contributed by atoms with van der Waals surface area (Å²) in [5, 5.41) is 0. The van der Waals surface area contributed by atoms with E-state index >= 15 is 0 Å². The normalized spacial score (nSPS) is 22.6. The molecule has 1 saturated heterocycles. The summed E-state index contributed by atoms with van der Waals surface area (Å²) in [5.41, 5.74) is 0. The van der Waals surface area contributed by atoms with Crippen molar-refractivity contribution in [2.75, 3.05) is 13.2 Å². The third-order valence-corrected chi connectivity index (χ3v) is 5.08. The van der Waals surface area contributed by atoms with Crippen molar-refractivity contribution in [3.63, 3.8) is 0 Å². The number of ether oxygens (including phenoxy) is 2. The molecular weight excluding hydrogens is 328 g/mol. The maximum Gasteiger partial charge on any atom is 0.305 e. The molecule has 1 heterocycles. The van der Waals surface area contributed by atoms with Gasteiger partial charge in [-0.15, -0.1) is 0 Å². The lowest BCUT2D eigenvalue weighted by atomic mass is 10.1. The number of cyclic esters (lactones) is 2. The highest BCUT2D eigenvalue weighted by Gasteiger charge is 2.04. The number of hydrogen-bond donors (Lipinski definition) is 0. The molecular formula is C22H40O4. The van der Waals surface area contributed by atoms with E-state index < -0.39 is 0 Å². The van der Waals surface area contributed by atoms with E-state index in [0.29, 0.717) is 26.1 Å². The number of carbonyl (C=O) groups excluding carboxylic acids is 2. The predicted octanol–water partition coefficient (Wildman–Crippen LogP) is 6.11. The van der Waals surface area contributed by atoms with E-state index in [-0.39, 0.29) is 11.9 Å². The molecule has 1 rings (SSSR count). The minimum Gasteiger partial charge on any atom is -0.466 e. The molecule has 0 aromatic heterocycles. The summed E-state index contributed by atoms with van der Waals surface area (Å²) < 4.78 is 10.6. The summed E-state index contributed by atoms with van der Waals surface area (Å²) in [6.45, 7) is 1.19. The Bertz CT molecular complexity index is 322. The molecule has 152 valence electrons. The summed E-state index contributed by atoms with van der Waals surface area (Å²) in [6, 6.07) is 0. The maximum absolute atomic E-state index is 11.7. The summed E-state index contributed by atoms with van der Waals surface area (Å²) in [6.07, 6.45) is 19.3. The number of hydrogen-bond acceptors (Lipinski definition) is 4. The Morgan fingerprint density at radius 3 is 1.00 bits per heavy atom. The van der Waals surface area contributed by atoms with Crippen LogP contribution in [0.3, 0.4) is 0 Å². The first-order chi connectivity index (χ1) is 12.8. The molecule has 0 unspecified atom stereocenters. The Kier molecular flexibility index (Phi) is 15.3. The van der Waals surface area contributed by atoms with Crippen molar-refractivity contribution < 1.29 is 19.1 Å². The van der Waals surface area contributed by atoms with E-state index in [4.69, 9.17) is 9.47 Å². The van der Waals surface area contributed by atoms with Crippen LogP contribution in [0.15, 0.2) is 0 Å². The fourth-order valence-corrected chi connectivity index (χ4v) is 3.38. The number of esters is 2. The smallest absolute Gasteiger partial charge is 0.305 e. The van der Waals surface area contributed by atoms with E-state index in [2.05, 4.69) is 0 Å². The lowest BCUT2D eigenvalue weighted by Crippen LogP contribution is -2.06. The molecule has 0 aromatic carbocycles. The van der Waals surface area contributed by atoms with Gasteiger partial charge in [-0.25, -0.2) is 0 Å². The first-order valence-electron chi connectivity index (χ1n) is 11.1. The van der Waals surface area contributed by atoms with Crippen LogP contribution in [0.5, 0.6) is 0 Å². The molecule has 0 aromatic rings. The predicted molar refractivity (Wildman–Crippen MR) is 105 cm³/mol. The van der Waals surface area contributed by atoms with Gasteiger partial charge in [0.1, 0.15) is 0 Å². The third kappa shape index (κ3) is 15.2. The average molecular weight is 369 g/mol. The Labute approximate surface area is 160 Å². The first-order valence-corrected chi connectivity index (χ1v) is 11.1. The Morgan fingerprint density at radius 2 is 0.654 bits per heavy atom. The Morgan fingerprint density at radius 1 is 0.385 bits per heavy atom. The minimum absolute atomic E-state index is 0.0297. The zero-order valence-corrected chi connectivity index (χ0v) is 16.8. The van der Waals surface area contributed by atoms with Crippen LogP contribution < -0.4 is 0 Å². The molecule has 26 heavy (non-hydrogen) atoms. The van der Waals surface area contributed by atoms with Crippen LogP contribution in [0.1, 0.15) is 116 Å². The van der Waals surface area contributed by atoms with Crippen LogP contribution >= 0.6 is 0 Å². The van der Waals surface area contributed by atoms with Gasteiger partial charge >= 0.3 is 11.9 Å². The molecule has 1 aliphatic heterocycles. The molecule has 0 spiro atoms. The van der Waals surface area contributed by atoms with Crippen LogP contribution in [-0.2, 0) is 19.1 Å². The summed E-state index contributed by atoms with van der Waals surface area (Å²) in [7, 11) is 0. The molecule has 0 atom stereocenters. The van der Waals surface area contributed by atoms with Crippen LogP contribution in [0.4, 0.5) is 0 Å². The zero-order valence-electron chi connectivity index (χ0n) is 16.8. The molecule has 0 radical (unpaired) electrons. The van der Waals surface area contributed by atoms with Crippen molar-refractivity contribution in [1.82, 2.24) is 0 Å². The van der Waals surface area contributed by atoms with Crippen molar-refractivity contribution in [2.24, 2.45) is 0 Å². The van der Waals surface area contributed by atoms with Crippen molar-refractivity contribution in [3.8, 4) is 0 Å². The van der Waals surface area contributed by atoms with E-state index in [1.165, 1.54) is 38.5 Å². The highest BCUT2D eigenvalue weighted by atomic mass is 16.5. The molecule has 0 bridgehead atoms. The van der Waals surface area contributed by atoms with Gasteiger partial charge in [0.25, 0.3) is 0 Å². The van der Waals surface area contributed by atoms with E-state index in [1.807, 2.05) is 0 Å². The standard InChI is InChI=1S/C22H40O4/c23-21-17-13-9-5-4-6-10-14-18-22(24)26-20-16-12-8-3-1-2-7-11-15-19-25-21/h1-20H2. The van der Waals surface area contributed by atoms with Crippen molar-refractivity contribution in [2.45, 2.75) is 116 Å². The van der Waals surface area contributed by atoms with Gasteiger partial charge in [0, 0.05) is 12.8 Å². The lowest BCUT2D eigenvalue weighted by Gasteiger charge is -2.07. The average Bonchev–Trinajstić information content (AvgIpc) is 2.63. The highest BCUT2D eigenvalue weighted by Crippen LogP contribution is 2.12. The van der Waals surface area contributed by atoms with Gasteiger partial charge in [-0.1, -0.05) is 77.0 Å². The lowest BCUT2D eigenvalue weighted by molar-refractivity contribution is -0.144. The van der Waals surface area contributed by atoms with Crippen LogP contribution in [0, 0.1) is 0 Å². The van der Waals surface area contributed by atoms with E-state index in [9.17, 15) is 9.59 Å². The molecule has 0 amide bonds. The fourth-order valence-electron chi connectivity index (χ4n) is 3.38. The van der Waals surface area contributed by atoms with Crippen LogP contribution in [0.25, 0.3) is 0 Å². The topological polar surface area (TPSA) is 52.6 Å². The van der Waals surface area contributed by atoms with Gasteiger partial charge in [-0.2, -0.15) is 0 Å². The SMILES string of the molecule is O=C1CCCCCCCCCC(=O)OCCCCCCCCCCCO1. The third-order valence-electron chi connectivity index (χ3n) is 5.08. The Balaban J connectivity index is 2.15. The zero-order chi connectivity index (χ0) is 18.7. The van der Waals surface area contributed by atoms with Gasteiger partial charge in [-0.05, 0) is 25.7 Å². The summed E-state index contributed by atoms with van der Waals surface area (Å²) in [4.78, 5) is 23.3. The van der Waals surface area contributed by atoms with Crippen LogP contribution in [-0.4, -0.2) is 25.2 Å². The quantitative estimate of drug-likeness (QED) is 0.484. The molecule has 4 heteroatoms. The van der Waals surface area contributed by atoms with Gasteiger partial charge in [0.05, 0.1) is 13.2 Å². The second-order valence-corrected chi connectivity index (χ2v) is 7.60. The molecule has 0 aliphatic carbocycles. The number of carbonyl (C=O) groups is 2. The summed E-state index contributed by atoms with van der Waals surface area (Å²) >= 11 is 0. The fraction of sp³-hybridized carbons (Fsp3) is 0.909. The largest absolute Gasteiger partial charge is 0.466 e. The second kappa shape index (κ2) is 17.4. The summed E-state index contributed by atoms with van der Waals surface area (Å²) in [5.74, 6) is -0.0593. The monoisotopic (exact) mass is 368 g/mol. The van der Waals surface area contributed by atoms with E-state index in [0.717, 1.165) is 64.2 Å². The first kappa shape index (κ1) is 23.0. The van der Waals surface area contributed by atoms with Gasteiger partial charge in [0.2, 0.25) is 0 Å². The van der Waals surface area contributed by atoms with Crippen molar-refractivity contribution >= 4 is 11.9 Å². The van der Waals surface area contributed by atoms with Crippen molar-refractivity contribution in [3.05, 3.63) is 0 Å². The molecule has 0 N–H and O–H groups in total. The van der Waals surface area contributed by atoms with Crippen LogP contribution in [0.2, 0.25) is 0 Å².